The minimum Gasteiger partial charge on any atom is -0.383 e. The van der Waals surface area contributed by atoms with Crippen molar-refractivity contribution in [2.24, 2.45) is 0 Å². The van der Waals surface area contributed by atoms with Crippen LogP contribution >= 0.6 is 0 Å². The average Bonchev–Trinajstić information content (AvgIpc) is 2.42. The predicted molar refractivity (Wildman–Crippen MR) is 53.7 cm³/mol. The summed E-state index contributed by atoms with van der Waals surface area (Å²) < 4.78 is 1.91. The first-order valence-corrected chi connectivity index (χ1v) is 4.45. The molecule has 2 aromatic rings. The second-order valence-corrected chi connectivity index (χ2v) is 3.20. The van der Waals surface area contributed by atoms with Crippen molar-refractivity contribution < 1.29 is 0 Å². The van der Waals surface area contributed by atoms with Crippen molar-refractivity contribution in [2.75, 3.05) is 5.73 Å². The highest BCUT2D eigenvalue weighted by molar-refractivity contribution is 5.53. The molecule has 0 aromatic carbocycles. The highest BCUT2D eigenvalue weighted by atomic mass is 15.1. The fraction of sp³-hybridized carbons (Fsp3) is 0.300. The molecule has 3 heteroatoms. The fourth-order valence-electron chi connectivity index (χ4n) is 1.44. The van der Waals surface area contributed by atoms with E-state index in [1.54, 1.807) is 0 Å². The average molecular weight is 175 g/mol. The maximum atomic E-state index is 5.83. The first kappa shape index (κ1) is 8.10. The van der Waals surface area contributed by atoms with Crippen LogP contribution in [0.25, 0.3) is 5.65 Å². The van der Waals surface area contributed by atoms with Gasteiger partial charge in [-0.15, -0.1) is 0 Å². The van der Waals surface area contributed by atoms with E-state index in [-0.39, 0.29) is 0 Å². The van der Waals surface area contributed by atoms with E-state index >= 15 is 0 Å². The standard InChI is InChI=1S/C10H13N3/c1-3-8-4-5-13-9(6-8)12-7(2)10(13)11/h4-6H,3,11H2,1-2H3. The molecule has 0 saturated carbocycles. The van der Waals surface area contributed by atoms with Crippen LogP contribution in [0.1, 0.15) is 18.2 Å². The van der Waals surface area contributed by atoms with E-state index in [0.29, 0.717) is 0 Å². The SMILES string of the molecule is CCc1ccn2c(N)c(C)nc2c1. The van der Waals surface area contributed by atoms with Crippen LogP contribution in [0.5, 0.6) is 0 Å². The van der Waals surface area contributed by atoms with Gasteiger partial charge in [0.1, 0.15) is 11.5 Å². The number of aryl methyl sites for hydroxylation is 2. The van der Waals surface area contributed by atoms with Gasteiger partial charge in [0.05, 0.1) is 5.69 Å². The lowest BCUT2D eigenvalue weighted by atomic mass is 10.2. The zero-order valence-corrected chi connectivity index (χ0v) is 7.91. The zero-order valence-electron chi connectivity index (χ0n) is 7.91. The van der Waals surface area contributed by atoms with Crippen LogP contribution in [0.4, 0.5) is 5.82 Å². The summed E-state index contributed by atoms with van der Waals surface area (Å²) in [6.45, 7) is 4.05. The largest absolute Gasteiger partial charge is 0.383 e. The van der Waals surface area contributed by atoms with Gasteiger partial charge in [-0.05, 0) is 31.0 Å². The maximum Gasteiger partial charge on any atom is 0.138 e. The molecule has 0 atom stereocenters. The molecule has 2 N–H and O–H groups in total. The van der Waals surface area contributed by atoms with Gasteiger partial charge in [0, 0.05) is 6.20 Å². The normalized spacial score (nSPS) is 10.9. The Balaban J connectivity index is 2.73. The van der Waals surface area contributed by atoms with Crippen LogP contribution in [0, 0.1) is 6.92 Å². The lowest BCUT2D eigenvalue weighted by Gasteiger charge is -1.98. The van der Waals surface area contributed by atoms with Crippen LogP contribution in [-0.4, -0.2) is 9.38 Å². The number of hydrogen-bond donors (Lipinski definition) is 1. The van der Waals surface area contributed by atoms with Gasteiger partial charge in [0.15, 0.2) is 0 Å². The Morgan fingerprint density at radius 2 is 2.31 bits per heavy atom. The van der Waals surface area contributed by atoms with Crippen LogP contribution in [0.2, 0.25) is 0 Å². The molecule has 0 bridgehead atoms. The summed E-state index contributed by atoms with van der Waals surface area (Å²) in [7, 11) is 0. The molecule has 3 nitrogen and oxygen atoms in total. The number of imidazole rings is 1. The smallest absolute Gasteiger partial charge is 0.138 e. The third kappa shape index (κ3) is 1.16. The van der Waals surface area contributed by atoms with Crippen molar-refractivity contribution in [2.45, 2.75) is 20.3 Å². The van der Waals surface area contributed by atoms with Crippen LogP contribution in [0.3, 0.4) is 0 Å². The van der Waals surface area contributed by atoms with Crippen molar-refractivity contribution in [3.05, 3.63) is 29.6 Å². The Morgan fingerprint density at radius 1 is 1.54 bits per heavy atom. The third-order valence-electron chi connectivity index (χ3n) is 2.32. The van der Waals surface area contributed by atoms with Gasteiger partial charge in [-0.3, -0.25) is 4.40 Å². The fourth-order valence-corrected chi connectivity index (χ4v) is 1.44. The molecule has 0 saturated heterocycles. The number of hydrogen-bond acceptors (Lipinski definition) is 2. The molecule has 13 heavy (non-hydrogen) atoms. The zero-order chi connectivity index (χ0) is 9.42. The van der Waals surface area contributed by atoms with Crippen molar-refractivity contribution >= 4 is 11.5 Å². The number of nitrogen functional groups attached to an aromatic ring is 1. The van der Waals surface area contributed by atoms with Gasteiger partial charge in [-0.1, -0.05) is 6.92 Å². The number of nitrogens with two attached hydrogens (primary N) is 1. The van der Waals surface area contributed by atoms with E-state index in [0.717, 1.165) is 23.6 Å². The molecule has 0 spiro atoms. The highest BCUT2D eigenvalue weighted by Gasteiger charge is 2.03. The summed E-state index contributed by atoms with van der Waals surface area (Å²) >= 11 is 0. The number of rotatable bonds is 1. The Bertz CT molecular complexity index is 443. The van der Waals surface area contributed by atoms with Crippen LogP contribution in [-0.2, 0) is 6.42 Å². The van der Waals surface area contributed by atoms with Crippen molar-refractivity contribution in [3.63, 3.8) is 0 Å². The molecule has 0 unspecified atom stereocenters. The van der Waals surface area contributed by atoms with Crippen LogP contribution in [0.15, 0.2) is 18.3 Å². The summed E-state index contributed by atoms with van der Waals surface area (Å²) in [5.41, 5.74) is 8.96. The maximum absolute atomic E-state index is 5.83. The Kier molecular flexibility index (Phi) is 1.72. The molecule has 0 amide bonds. The number of fused-ring (bicyclic) bond motifs is 1. The lowest BCUT2D eigenvalue weighted by Crippen LogP contribution is -1.94. The van der Waals surface area contributed by atoms with Gasteiger partial charge < -0.3 is 5.73 Å². The molecular formula is C10H13N3. The number of pyridine rings is 1. The summed E-state index contributed by atoms with van der Waals surface area (Å²) in [5.74, 6) is 0.734. The summed E-state index contributed by atoms with van der Waals surface area (Å²) in [5, 5.41) is 0. The van der Waals surface area contributed by atoms with E-state index in [1.807, 2.05) is 17.5 Å². The molecule has 0 aliphatic heterocycles. The molecule has 0 radical (unpaired) electrons. The second kappa shape index (κ2) is 2.76. The van der Waals surface area contributed by atoms with E-state index in [4.69, 9.17) is 5.73 Å². The van der Waals surface area contributed by atoms with Crippen molar-refractivity contribution in [1.29, 1.82) is 0 Å². The molecule has 2 heterocycles. The quantitative estimate of drug-likeness (QED) is 0.718. The first-order valence-electron chi connectivity index (χ1n) is 4.45. The number of anilines is 1. The van der Waals surface area contributed by atoms with Crippen molar-refractivity contribution in [1.82, 2.24) is 9.38 Å². The Hall–Kier alpha value is -1.51. The molecule has 2 aromatic heterocycles. The lowest BCUT2D eigenvalue weighted by molar-refractivity contribution is 1.10. The topological polar surface area (TPSA) is 43.3 Å². The number of aromatic nitrogens is 2. The molecule has 0 aliphatic rings. The van der Waals surface area contributed by atoms with Gasteiger partial charge in [0.25, 0.3) is 0 Å². The van der Waals surface area contributed by atoms with E-state index in [2.05, 4.69) is 24.0 Å². The summed E-state index contributed by atoms with van der Waals surface area (Å²) in [6.07, 6.45) is 3.01. The second-order valence-electron chi connectivity index (χ2n) is 3.20. The first-order chi connectivity index (χ1) is 6.22. The van der Waals surface area contributed by atoms with Gasteiger partial charge in [-0.25, -0.2) is 4.98 Å². The number of nitrogens with zero attached hydrogens (tertiary/aromatic N) is 2. The minimum absolute atomic E-state index is 0.734. The monoisotopic (exact) mass is 175 g/mol. The molecule has 2 rings (SSSR count). The van der Waals surface area contributed by atoms with Gasteiger partial charge in [-0.2, -0.15) is 0 Å². The summed E-state index contributed by atoms with van der Waals surface area (Å²) in [6, 6.07) is 4.15. The van der Waals surface area contributed by atoms with Gasteiger partial charge >= 0.3 is 0 Å². The van der Waals surface area contributed by atoms with E-state index in [9.17, 15) is 0 Å². The van der Waals surface area contributed by atoms with Gasteiger partial charge in [0.2, 0.25) is 0 Å². The molecular weight excluding hydrogens is 162 g/mol. The van der Waals surface area contributed by atoms with Crippen molar-refractivity contribution in [3.8, 4) is 0 Å². The molecule has 0 fully saturated rings. The summed E-state index contributed by atoms with van der Waals surface area (Å²) in [4.78, 5) is 4.36. The van der Waals surface area contributed by atoms with E-state index in [1.165, 1.54) is 5.56 Å². The molecule has 0 aliphatic carbocycles. The molecule has 68 valence electrons. The predicted octanol–water partition coefficient (Wildman–Crippen LogP) is 1.79. The Labute approximate surface area is 77.2 Å². The minimum atomic E-state index is 0.734. The Morgan fingerprint density at radius 3 is 3.00 bits per heavy atom. The third-order valence-corrected chi connectivity index (χ3v) is 2.32. The van der Waals surface area contributed by atoms with Crippen LogP contribution < -0.4 is 5.73 Å². The highest BCUT2D eigenvalue weighted by Crippen LogP contribution is 2.15. The van der Waals surface area contributed by atoms with E-state index < -0.39 is 0 Å².